The van der Waals surface area contributed by atoms with Crippen molar-refractivity contribution in [2.45, 2.75) is 23.6 Å². The van der Waals surface area contributed by atoms with Crippen LogP contribution in [0.15, 0.2) is 64.5 Å². The molecule has 0 aliphatic carbocycles. The number of sulfone groups is 1. The minimum absolute atomic E-state index is 0.0977. The van der Waals surface area contributed by atoms with Crippen molar-refractivity contribution >= 4 is 26.4 Å². The Morgan fingerprint density at radius 3 is 2.36 bits per heavy atom. The lowest BCUT2D eigenvalue weighted by Crippen LogP contribution is -2.24. The maximum atomic E-state index is 13.8. The van der Waals surface area contributed by atoms with Gasteiger partial charge in [0.05, 0.1) is 16.1 Å². The van der Waals surface area contributed by atoms with Gasteiger partial charge in [0.25, 0.3) is 0 Å². The maximum absolute atomic E-state index is 13.8. The first-order valence-corrected chi connectivity index (χ1v) is 9.60. The van der Waals surface area contributed by atoms with E-state index in [1.165, 1.54) is 18.3 Å². The molecule has 0 aliphatic heterocycles. The van der Waals surface area contributed by atoms with Crippen LogP contribution in [0.25, 0.3) is 10.9 Å². The van der Waals surface area contributed by atoms with E-state index in [0.717, 1.165) is 0 Å². The molecule has 0 aliphatic rings. The molecule has 0 N–H and O–H groups in total. The van der Waals surface area contributed by atoms with Crippen molar-refractivity contribution in [1.82, 2.24) is 4.98 Å². The second-order valence-corrected chi connectivity index (χ2v) is 7.54. The molecule has 1 aromatic heterocycles. The summed E-state index contributed by atoms with van der Waals surface area (Å²) < 4.78 is 40.2. The fourth-order valence-electron chi connectivity index (χ4n) is 2.92. The summed E-state index contributed by atoms with van der Waals surface area (Å²) in [5.41, 5.74) is 1.06. The Balaban J connectivity index is 2.37. The molecular formula is C19H19FN2O2S. The van der Waals surface area contributed by atoms with Crippen LogP contribution in [0, 0.1) is 5.82 Å². The summed E-state index contributed by atoms with van der Waals surface area (Å²) in [6.45, 7) is 5.08. The Hall–Kier alpha value is -2.47. The van der Waals surface area contributed by atoms with Crippen LogP contribution in [-0.4, -0.2) is 26.5 Å². The highest BCUT2D eigenvalue weighted by Gasteiger charge is 2.26. The molecule has 1 heterocycles. The summed E-state index contributed by atoms with van der Waals surface area (Å²) in [5, 5.41) is 0.501. The summed E-state index contributed by atoms with van der Waals surface area (Å²) in [7, 11) is -3.77. The number of nitrogens with zero attached hydrogens (tertiary/aromatic N) is 2. The largest absolute Gasteiger partial charge is 0.370 e. The molecule has 2 aromatic carbocycles. The Morgan fingerprint density at radius 2 is 1.72 bits per heavy atom. The normalized spacial score (nSPS) is 11.6. The zero-order valence-corrected chi connectivity index (χ0v) is 14.9. The Labute approximate surface area is 146 Å². The van der Waals surface area contributed by atoms with Crippen LogP contribution < -0.4 is 4.90 Å². The summed E-state index contributed by atoms with van der Waals surface area (Å²) in [6.07, 6.45) is 1.37. The van der Waals surface area contributed by atoms with Gasteiger partial charge in [-0.1, -0.05) is 18.2 Å². The van der Waals surface area contributed by atoms with Crippen molar-refractivity contribution in [3.05, 3.63) is 60.5 Å². The highest BCUT2D eigenvalue weighted by molar-refractivity contribution is 7.91. The topological polar surface area (TPSA) is 50.3 Å². The van der Waals surface area contributed by atoms with Crippen molar-refractivity contribution in [3.63, 3.8) is 0 Å². The summed E-state index contributed by atoms with van der Waals surface area (Å²) in [5.74, 6) is -0.419. The van der Waals surface area contributed by atoms with Gasteiger partial charge in [-0.3, -0.25) is 4.98 Å². The second-order valence-electron chi connectivity index (χ2n) is 5.62. The molecule has 0 radical (unpaired) electrons. The Kier molecular flexibility index (Phi) is 4.72. The van der Waals surface area contributed by atoms with Gasteiger partial charge in [-0.15, -0.1) is 0 Å². The molecule has 25 heavy (non-hydrogen) atoms. The zero-order valence-electron chi connectivity index (χ0n) is 14.1. The third-order valence-corrected chi connectivity index (χ3v) is 5.96. The molecule has 0 spiro atoms. The summed E-state index contributed by atoms with van der Waals surface area (Å²) in [6, 6.07) is 12.5. The fraction of sp³-hybridized carbons (Fsp3) is 0.211. The van der Waals surface area contributed by atoms with E-state index in [-0.39, 0.29) is 9.79 Å². The molecule has 0 amide bonds. The Morgan fingerprint density at radius 1 is 1.04 bits per heavy atom. The van der Waals surface area contributed by atoms with Crippen LogP contribution in [0.3, 0.4) is 0 Å². The van der Waals surface area contributed by atoms with Crippen molar-refractivity contribution in [3.8, 4) is 0 Å². The van der Waals surface area contributed by atoms with Gasteiger partial charge in [-0.2, -0.15) is 0 Å². The Bertz CT molecular complexity index is 1000. The van der Waals surface area contributed by atoms with Gasteiger partial charge in [0, 0.05) is 24.7 Å². The number of benzene rings is 2. The van der Waals surface area contributed by atoms with Gasteiger partial charge in [-0.25, -0.2) is 12.8 Å². The molecule has 3 rings (SSSR count). The number of halogens is 1. The molecule has 0 saturated carbocycles. The first-order chi connectivity index (χ1) is 12.0. The summed E-state index contributed by atoms with van der Waals surface area (Å²) in [4.78, 5) is 6.46. The minimum atomic E-state index is -3.77. The average Bonchev–Trinajstić information content (AvgIpc) is 2.63. The van der Waals surface area contributed by atoms with Gasteiger partial charge >= 0.3 is 0 Å². The monoisotopic (exact) mass is 358 g/mol. The average molecular weight is 358 g/mol. The van der Waals surface area contributed by atoms with E-state index in [2.05, 4.69) is 4.98 Å². The van der Waals surface area contributed by atoms with Gasteiger partial charge < -0.3 is 4.90 Å². The number of fused-ring (bicyclic) bond motifs is 1. The van der Waals surface area contributed by atoms with Crippen molar-refractivity contribution in [1.29, 1.82) is 0 Å². The van der Waals surface area contributed by atoms with Crippen molar-refractivity contribution < 1.29 is 12.8 Å². The van der Waals surface area contributed by atoms with Crippen LogP contribution in [0.5, 0.6) is 0 Å². The molecule has 4 nitrogen and oxygen atoms in total. The van der Waals surface area contributed by atoms with E-state index in [9.17, 15) is 12.8 Å². The van der Waals surface area contributed by atoms with Crippen molar-refractivity contribution in [2.75, 3.05) is 18.0 Å². The highest BCUT2D eigenvalue weighted by atomic mass is 32.2. The number of anilines is 1. The van der Waals surface area contributed by atoms with Gasteiger partial charge in [0.15, 0.2) is 0 Å². The van der Waals surface area contributed by atoms with Gasteiger partial charge in [0.2, 0.25) is 9.84 Å². The molecule has 0 saturated heterocycles. The minimum Gasteiger partial charge on any atom is -0.370 e. The van der Waals surface area contributed by atoms with Gasteiger partial charge in [0.1, 0.15) is 10.7 Å². The van der Waals surface area contributed by atoms with E-state index in [1.807, 2.05) is 18.7 Å². The van der Waals surface area contributed by atoms with E-state index in [0.29, 0.717) is 29.7 Å². The predicted octanol–water partition coefficient (Wildman–Crippen LogP) is 4.05. The SMILES string of the molecule is CCN(CC)c1c(S(=O)(=O)c2ccccc2)cnc2ccc(F)cc12. The van der Waals surface area contributed by atoms with Crippen LogP contribution >= 0.6 is 0 Å². The lowest BCUT2D eigenvalue weighted by atomic mass is 10.1. The lowest BCUT2D eigenvalue weighted by molar-refractivity contribution is 0.595. The maximum Gasteiger partial charge on any atom is 0.210 e. The number of hydrogen-bond acceptors (Lipinski definition) is 4. The zero-order chi connectivity index (χ0) is 18.0. The third kappa shape index (κ3) is 3.09. The van der Waals surface area contributed by atoms with E-state index < -0.39 is 15.7 Å². The van der Waals surface area contributed by atoms with E-state index >= 15 is 0 Å². The smallest absolute Gasteiger partial charge is 0.210 e. The first-order valence-electron chi connectivity index (χ1n) is 8.12. The van der Waals surface area contributed by atoms with Crippen LogP contribution in [0.2, 0.25) is 0 Å². The number of hydrogen-bond donors (Lipinski definition) is 0. The summed E-state index contributed by atoms with van der Waals surface area (Å²) >= 11 is 0. The third-order valence-electron chi connectivity index (χ3n) is 4.19. The lowest BCUT2D eigenvalue weighted by Gasteiger charge is -2.25. The molecule has 6 heteroatoms. The molecule has 0 fully saturated rings. The van der Waals surface area contributed by atoms with Crippen LogP contribution in [-0.2, 0) is 9.84 Å². The second kappa shape index (κ2) is 6.80. The predicted molar refractivity (Wildman–Crippen MR) is 97.2 cm³/mol. The van der Waals surface area contributed by atoms with E-state index in [1.54, 1.807) is 36.4 Å². The molecule has 3 aromatic rings. The fourth-order valence-corrected chi connectivity index (χ4v) is 4.38. The molecule has 0 bridgehead atoms. The quantitative estimate of drug-likeness (QED) is 0.690. The highest BCUT2D eigenvalue weighted by Crippen LogP contribution is 2.35. The number of pyridine rings is 1. The first kappa shape index (κ1) is 17.4. The molecule has 0 unspecified atom stereocenters. The van der Waals surface area contributed by atoms with Crippen LogP contribution in [0.1, 0.15) is 13.8 Å². The molecular weight excluding hydrogens is 339 g/mol. The number of rotatable bonds is 5. The molecule has 130 valence electrons. The van der Waals surface area contributed by atoms with E-state index in [4.69, 9.17) is 0 Å². The molecule has 0 atom stereocenters. The standard InChI is InChI=1S/C19H19FN2O2S/c1-3-22(4-2)19-16-12-14(20)10-11-17(16)21-13-18(19)25(23,24)15-8-6-5-7-9-15/h5-13H,3-4H2,1-2H3. The van der Waals surface area contributed by atoms with Crippen molar-refractivity contribution in [2.24, 2.45) is 0 Å². The van der Waals surface area contributed by atoms with Crippen LogP contribution in [0.4, 0.5) is 10.1 Å². The number of aromatic nitrogens is 1. The van der Waals surface area contributed by atoms with Gasteiger partial charge in [-0.05, 0) is 44.2 Å².